The summed E-state index contributed by atoms with van der Waals surface area (Å²) in [5, 5.41) is 0. The summed E-state index contributed by atoms with van der Waals surface area (Å²) in [6.45, 7) is 2.60. The van der Waals surface area contributed by atoms with Crippen molar-refractivity contribution >= 4 is 6.29 Å². The molecule has 2 rings (SSSR count). The quantitative estimate of drug-likeness (QED) is 0.705. The van der Waals surface area contributed by atoms with Crippen LogP contribution in [0.4, 0.5) is 4.39 Å². The van der Waals surface area contributed by atoms with Crippen LogP contribution in [-0.2, 0) is 11.3 Å². The molecule has 0 spiro atoms. The lowest BCUT2D eigenvalue weighted by Gasteiger charge is -2.14. The first-order chi connectivity index (χ1) is 7.28. The number of halogens is 1. The highest BCUT2D eigenvalue weighted by molar-refractivity contribution is 5.54. The molecule has 80 valence electrons. The largest absolute Gasteiger partial charge is 0.303 e. The smallest absolute Gasteiger partial charge is 0.124 e. The predicted octanol–water partition coefficient (Wildman–Crippen LogP) is 1.85. The van der Waals surface area contributed by atoms with Gasteiger partial charge in [0.1, 0.15) is 12.1 Å². The molecule has 0 saturated carbocycles. The van der Waals surface area contributed by atoms with Crippen LogP contribution in [0.5, 0.6) is 0 Å². The van der Waals surface area contributed by atoms with E-state index < -0.39 is 0 Å². The van der Waals surface area contributed by atoms with Crippen molar-refractivity contribution < 1.29 is 9.18 Å². The van der Waals surface area contributed by atoms with Crippen LogP contribution in [0.15, 0.2) is 24.3 Å². The van der Waals surface area contributed by atoms with Gasteiger partial charge in [-0.15, -0.1) is 0 Å². The Morgan fingerprint density at radius 1 is 1.40 bits per heavy atom. The number of benzene rings is 1. The van der Waals surface area contributed by atoms with Gasteiger partial charge in [-0.3, -0.25) is 4.90 Å². The van der Waals surface area contributed by atoms with Crippen LogP contribution in [0.3, 0.4) is 0 Å². The molecule has 1 aliphatic rings. The van der Waals surface area contributed by atoms with Crippen LogP contribution in [0.1, 0.15) is 12.0 Å². The van der Waals surface area contributed by atoms with Gasteiger partial charge in [-0.05, 0) is 30.7 Å². The molecule has 1 aliphatic heterocycles. The van der Waals surface area contributed by atoms with Gasteiger partial charge in [-0.25, -0.2) is 4.39 Å². The predicted molar refractivity (Wildman–Crippen MR) is 55.8 cm³/mol. The van der Waals surface area contributed by atoms with Gasteiger partial charge in [-0.2, -0.15) is 0 Å². The fourth-order valence-electron chi connectivity index (χ4n) is 1.97. The van der Waals surface area contributed by atoms with E-state index in [9.17, 15) is 9.18 Å². The average molecular weight is 207 g/mol. The molecule has 1 aromatic carbocycles. The number of aldehydes is 1. The number of carbonyl (C=O) groups is 1. The number of hydrogen-bond donors (Lipinski definition) is 0. The normalized spacial score (nSPS) is 21.8. The van der Waals surface area contributed by atoms with Gasteiger partial charge in [0.15, 0.2) is 0 Å². The first kappa shape index (κ1) is 10.3. The number of hydrogen-bond acceptors (Lipinski definition) is 2. The molecule has 0 N–H and O–H groups in total. The second-order valence-corrected chi connectivity index (χ2v) is 4.05. The van der Waals surface area contributed by atoms with E-state index in [1.165, 1.54) is 12.1 Å². The minimum Gasteiger partial charge on any atom is -0.303 e. The van der Waals surface area contributed by atoms with Crippen molar-refractivity contribution in [2.75, 3.05) is 13.1 Å². The Morgan fingerprint density at radius 3 is 2.73 bits per heavy atom. The first-order valence-corrected chi connectivity index (χ1v) is 5.20. The summed E-state index contributed by atoms with van der Waals surface area (Å²) in [5.74, 6) is -0.0172. The van der Waals surface area contributed by atoms with E-state index >= 15 is 0 Å². The van der Waals surface area contributed by atoms with Crippen molar-refractivity contribution in [1.29, 1.82) is 0 Å². The lowest BCUT2D eigenvalue weighted by Crippen LogP contribution is -2.20. The Labute approximate surface area is 88.7 Å². The molecule has 0 aliphatic carbocycles. The van der Waals surface area contributed by atoms with Gasteiger partial charge in [-0.1, -0.05) is 12.1 Å². The number of nitrogens with zero attached hydrogens (tertiary/aromatic N) is 1. The van der Waals surface area contributed by atoms with Crippen LogP contribution < -0.4 is 0 Å². The fourth-order valence-corrected chi connectivity index (χ4v) is 1.97. The first-order valence-electron chi connectivity index (χ1n) is 5.20. The Balaban J connectivity index is 1.92. The molecular formula is C12H14FNO. The van der Waals surface area contributed by atoms with E-state index in [-0.39, 0.29) is 11.7 Å². The minimum absolute atomic E-state index is 0.186. The molecular weight excluding hydrogens is 193 g/mol. The molecule has 1 saturated heterocycles. The maximum absolute atomic E-state index is 12.7. The monoisotopic (exact) mass is 207 g/mol. The lowest BCUT2D eigenvalue weighted by atomic mass is 10.1. The van der Waals surface area contributed by atoms with Crippen LogP contribution >= 0.6 is 0 Å². The van der Waals surface area contributed by atoms with Crippen molar-refractivity contribution in [3.63, 3.8) is 0 Å². The van der Waals surface area contributed by atoms with Crippen molar-refractivity contribution in [2.45, 2.75) is 13.0 Å². The summed E-state index contributed by atoms with van der Waals surface area (Å²) in [7, 11) is 0. The summed E-state index contributed by atoms with van der Waals surface area (Å²) < 4.78 is 12.7. The second kappa shape index (κ2) is 4.53. The maximum atomic E-state index is 12.7. The minimum atomic E-state index is -0.203. The molecule has 1 atom stereocenters. The molecule has 0 aromatic heterocycles. The van der Waals surface area contributed by atoms with E-state index in [0.717, 1.165) is 37.9 Å². The van der Waals surface area contributed by atoms with Gasteiger partial charge in [0.25, 0.3) is 0 Å². The summed E-state index contributed by atoms with van der Waals surface area (Å²) in [5.41, 5.74) is 1.10. The van der Waals surface area contributed by atoms with Crippen molar-refractivity contribution in [3.8, 4) is 0 Å². The average Bonchev–Trinajstić information content (AvgIpc) is 2.69. The van der Waals surface area contributed by atoms with Crippen LogP contribution in [0, 0.1) is 11.7 Å². The molecule has 1 aromatic rings. The highest BCUT2D eigenvalue weighted by atomic mass is 19.1. The van der Waals surface area contributed by atoms with Gasteiger partial charge in [0.05, 0.1) is 0 Å². The van der Waals surface area contributed by atoms with Gasteiger partial charge >= 0.3 is 0 Å². The molecule has 0 bridgehead atoms. The van der Waals surface area contributed by atoms with E-state index in [1.54, 1.807) is 12.1 Å². The summed E-state index contributed by atoms with van der Waals surface area (Å²) >= 11 is 0. The Morgan fingerprint density at radius 2 is 2.13 bits per heavy atom. The van der Waals surface area contributed by atoms with Gasteiger partial charge in [0.2, 0.25) is 0 Å². The zero-order chi connectivity index (χ0) is 10.7. The SMILES string of the molecule is O=CC1CCN(Cc2ccc(F)cc2)C1. The molecule has 1 fully saturated rings. The molecule has 1 heterocycles. The van der Waals surface area contributed by atoms with E-state index in [1.807, 2.05) is 0 Å². The van der Waals surface area contributed by atoms with Crippen molar-refractivity contribution in [3.05, 3.63) is 35.6 Å². The van der Waals surface area contributed by atoms with Gasteiger partial charge in [0, 0.05) is 19.0 Å². The standard InChI is InChI=1S/C12H14FNO/c13-12-3-1-10(2-4-12)7-14-6-5-11(8-14)9-15/h1-4,9,11H,5-8H2. The summed E-state index contributed by atoms with van der Waals surface area (Å²) in [6.07, 6.45) is 1.98. The number of likely N-dealkylation sites (tertiary alicyclic amines) is 1. The van der Waals surface area contributed by atoms with Crippen LogP contribution in [-0.4, -0.2) is 24.3 Å². The molecule has 2 nitrogen and oxygen atoms in total. The highest BCUT2D eigenvalue weighted by Crippen LogP contribution is 2.16. The topological polar surface area (TPSA) is 20.3 Å². The van der Waals surface area contributed by atoms with Gasteiger partial charge < -0.3 is 4.79 Å². The van der Waals surface area contributed by atoms with Crippen molar-refractivity contribution in [2.24, 2.45) is 5.92 Å². The maximum Gasteiger partial charge on any atom is 0.124 e. The Kier molecular flexibility index (Phi) is 3.11. The molecule has 15 heavy (non-hydrogen) atoms. The highest BCUT2D eigenvalue weighted by Gasteiger charge is 2.21. The summed E-state index contributed by atoms with van der Waals surface area (Å²) in [4.78, 5) is 12.8. The zero-order valence-electron chi connectivity index (χ0n) is 8.53. The number of rotatable bonds is 3. The molecule has 3 heteroatoms. The van der Waals surface area contributed by atoms with Crippen LogP contribution in [0.25, 0.3) is 0 Å². The number of carbonyl (C=O) groups excluding carboxylic acids is 1. The lowest BCUT2D eigenvalue weighted by molar-refractivity contribution is -0.110. The Hall–Kier alpha value is -1.22. The van der Waals surface area contributed by atoms with E-state index in [0.29, 0.717) is 0 Å². The van der Waals surface area contributed by atoms with E-state index in [4.69, 9.17) is 0 Å². The molecule has 1 unspecified atom stereocenters. The third-order valence-electron chi connectivity index (χ3n) is 2.82. The third-order valence-corrected chi connectivity index (χ3v) is 2.82. The molecule has 0 radical (unpaired) electrons. The fraction of sp³-hybridized carbons (Fsp3) is 0.417. The zero-order valence-corrected chi connectivity index (χ0v) is 8.53. The molecule has 0 amide bonds. The third kappa shape index (κ3) is 2.63. The second-order valence-electron chi connectivity index (χ2n) is 4.05. The summed E-state index contributed by atoms with van der Waals surface area (Å²) in [6, 6.07) is 6.54. The Bertz CT molecular complexity index is 336. The van der Waals surface area contributed by atoms with E-state index in [2.05, 4.69) is 4.90 Å². The van der Waals surface area contributed by atoms with Crippen molar-refractivity contribution in [1.82, 2.24) is 4.90 Å². The van der Waals surface area contributed by atoms with Crippen LogP contribution in [0.2, 0.25) is 0 Å².